The molecule has 1 aliphatic rings. The van der Waals surface area contributed by atoms with Gasteiger partial charge in [0.05, 0.1) is 11.3 Å². The number of hydrogen-bond donors (Lipinski definition) is 2. The molecule has 4 nitrogen and oxygen atoms in total. The van der Waals surface area contributed by atoms with Gasteiger partial charge in [-0.1, -0.05) is 12.1 Å². The number of carbonyl (C=O) groups excluding carboxylic acids is 1. The van der Waals surface area contributed by atoms with Crippen LogP contribution in [0.1, 0.15) is 32.9 Å². The second-order valence-electron chi connectivity index (χ2n) is 5.28. The number of carbonyl (C=O) groups is 1. The zero-order valence-corrected chi connectivity index (χ0v) is 13.7. The SMILES string of the molecule is Cc1cccc(C(=O)Nc2nc3c(s2)C[C@@H](N)CC3)c1F.Cl. The van der Waals surface area contributed by atoms with Crippen LogP contribution in [0, 0.1) is 12.7 Å². The van der Waals surface area contributed by atoms with Gasteiger partial charge in [-0.05, 0) is 37.8 Å². The van der Waals surface area contributed by atoms with E-state index in [1.54, 1.807) is 19.1 Å². The molecule has 0 spiro atoms. The third-order valence-corrected chi connectivity index (χ3v) is 4.67. The highest BCUT2D eigenvalue weighted by Crippen LogP contribution is 2.29. The fourth-order valence-electron chi connectivity index (χ4n) is 2.44. The van der Waals surface area contributed by atoms with Gasteiger partial charge in [0.2, 0.25) is 0 Å². The molecule has 1 amide bonds. The summed E-state index contributed by atoms with van der Waals surface area (Å²) >= 11 is 1.43. The number of benzene rings is 1. The molecule has 0 radical (unpaired) electrons. The van der Waals surface area contributed by atoms with Crippen molar-refractivity contribution in [3.8, 4) is 0 Å². The molecule has 22 heavy (non-hydrogen) atoms. The first-order valence-electron chi connectivity index (χ1n) is 6.85. The zero-order chi connectivity index (χ0) is 15.0. The minimum Gasteiger partial charge on any atom is -0.327 e. The van der Waals surface area contributed by atoms with E-state index in [0.29, 0.717) is 10.7 Å². The van der Waals surface area contributed by atoms with Gasteiger partial charge < -0.3 is 5.73 Å². The quantitative estimate of drug-likeness (QED) is 0.882. The molecule has 2 aromatic rings. The molecule has 0 aliphatic heterocycles. The van der Waals surface area contributed by atoms with Crippen LogP contribution in [-0.2, 0) is 12.8 Å². The molecule has 7 heteroatoms. The largest absolute Gasteiger partial charge is 0.327 e. The van der Waals surface area contributed by atoms with Crippen molar-refractivity contribution in [2.45, 2.75) is 32.2 Å². The van der Waals surface area contributed by atoms with E-state index in [4.69, 9.17) is 5.73 Å². The summed E-state index contributed by atoms with van der Waals surface area (Å²) in [6, 6.07) is 4.94. The molecule has 118 valence electrons. The number of nitrogens with zero attached hydrogens (tertiary/aromatic N) is 1. The number of rotatable bonds is 2. The van der Waals surface area contributed by atoms with Crippen molar-refractivity contribution in [1.82, 2.24) is 4.98 Å². The molecule has 0 saturated heterocycles. The molecule has 1 atom stereocenters. The number of aryl methyl sites for hydroxylation is 2. The Hall–Kier alpha value is -1.50. The van der Waals surface area contributed by atoms with Crippen LogP contribution in [0.3, 0.4) is 0 Å². The molecule has 1 aliphatic carbocycles. The van der Waals surface area contributed by atoms with Gasteiger partial charge in [-0.15, -0.1) is 23.7 Å². The van der Waals surface area contributed by atoms with Crippen LogP contribution in [0.15, 0.2) is 18.2 Å². The third kappa shape index (κ3) is 3.29. The minimum absolute atomic E-state index is 0. The summed E-state index contributed by atoms with van der Waals surface area (Å²) in [5, 5.41) is 3.20. The van der Waals surface area contributed by atoms with Gasteiger partial charge in [0.25, 0.3) is 5.91 Å². The van der Waals surface area contributed by atoms with Gasteiger partial charge in [0.15, 0.2) is 5.13 Å². The average Bonchev–Trinajstić information content (AvgIpc) is 2.83. The first kappa shape index (κ1) is 16.9. The second kappa shape index (κ2) is 6.73. The van der Waals surface area contributed by atoms with Crippen molar-refractivity contribution in [2.75, 3.05) is 5.32 Å². The molecule has 0 bridgehead atoms. The van der Waals surface area contributed by atoms with Crippen molar-refractivity contribution >= 4 is 34.8 Å². The van der Waals surface area contributed by atoms with E-state index in [1.165, 1.54) is 17.4 Å². The van der Waals surface area contributed by atoms with Crippen LogP contribution < -0.4 is 11.1 Å². The van der Waals surface area contributed by atoms with Crippen molar-refractivity contribution < 1.29 is 9.18 Å². The molecule has 1 aromatic heterocycles. The summed E-state index contributed by atoms with van der Waals surface area (Å²) in [5.74, 6) is -0.954. The Morgan fingerprint density at radius 1 is 1.50 bits per heavy atom. The van der Waals surface area contributed by atoms with Gasteiger partial charge in [0.1, 0.15) is 5.82 Å². The molecule has 0 fully saturated rings. The second-order valence-corrected chi connectivity index (χ2v) is 6.37. The predicted octanol–water partition coefficient (Wildman–Crippen LogP) is 3.08. The highest BCUT2D eigenvalue weighted by Gasteiger charge is 2.21. The maximum Gasteiger partial charge on any atom is 0.260 e. The van der Waals surface area contributed by atoms with Crippen LogP contribution in [0.4, 0.5) is 9.52 Å². The molecular formula is C15H17ClFN3OS. The van der Waals surface area contributed by atoms with Crippen LogP contribution in [0.5, 0.6) is 0 Å². The number of amides is 1. The number of nitrogens with one attached hydrogen (secondary N) is 1. The first-order valence-corrected chi connectivity index (χ1v) is 7.67. The van der Waals surface area contributed by atoms with Crippen LogP contribution in [-0.4, -0.2) is 16.9 Å². The summed E-state index contributed by atoms with van der Waals surface area (Å²) in [4.78, 5) is 17.7. The van der Waals surface area contributed by atoms with E-state index in [-0.39, 0.29) is 24.0 Å². The number of fused-ring (bicyclic) bond motifs is 1. The van der Waals surface area contributed by atoms with E-state index in [9.17, 15) is 9.18 Å². The van der Waals surface area contributed by atoms with Gasteiger partial charge in [0, 0.05) is 10.9 Å². The standard InChI is InChI=1S/C15H16FN3OS.ClH/c1-8-3-2-4-10(13(8)16)14(20)19-15-18-11-6-5-9(17)7-12(11)21-15;/h2-4,9H,5-7,17H2,1H3,(H,18,19,20);1H/t9-;/m0./s1. The van der Waals surface area contributed by atoms with Crippen molar-refractivity contribution in [2.24, 2.45) is 5.73 Å². The molecule has 1 heterocycles. The highest BCUT2D eigenvalue weighted by molar-refractivity contribution is 7.15. The summed E-state index contributed by atoms with van der Waals surface area (Å²) in [7, 11) is 0. The Bertz CT molecular complexity index is 704. The van der Waals surface area contributed by atoms with Gasteiger partial charge >= 0.3 is 0 Å². The molecule has 3 rings (SSSR count). The van der Waals surface area contributed by atoms with Crippen LogP contribution in [0.25, 0.3) is 0 Å². The summed E-state index contributed by atoms with van der Waals surface area (Å²) in [5.41, 5.74) is 7.42. The van der Waals surface area contributed by atoms with Crippen molar-refractivity contribution in [1.29, 1.82) is 0 Å². The predicted molar refractivity (Wildman–Crippen MR) is 88.5 cm³/mol. The maximum absolute atomic E-state index is 13.9. The van der Waals surface area contributed by atoms with E-state index in [2.05, 4.69) is 10.3 Å². The Balaban J connectivity index is 0.00000176. The number of hydrogen-bond acceptors (Lipinski definition) is 4. The summed E-state index contributed by atoms with van der Waals surface area (Å²) in [6.45, 7) is 1.63. The fraction of sp³-hybridized carbons (Fsp3) is 0.333. The first-order chi connectivity index (χ1) is 10.0. The Kier molecular flexibility index (Phi) is 5.16. The highest BCUT2D eigenvalue weighted by atomic mass is 35.5. The van der Waals surface area contributed by atoms with Crippen LogP contribution >= 0.6 is 23.7 Å². The lowest BCUT2D eigenvalue weighted by Crippen LogP contribution is -2.27. The van der Waals surface area contributed by atoms with Gasteiger partial charge in [-0.3, -0.25) is 10.1 Å². The molecular weight excluding hydrogens is 325 g/mol. The van der Waals surface area contributed by atoms with Gasteiger partial charge in [-0.25, -0.2) is 9.37 Å². The maximum atomic E-state index is 13.9. The smallest absolute Gasteiger partial charge is 0.260 e. The lowest BCUT2D eigenvalue weighted by Gasteiger charge is -2.15. The molecule has 1 aromatic carbocycles. The molecule has 3 N–H and O–H groups in total. The Morgan fingerprint density at radius 3 is 3.05 bits per heavy atom. The summed E-state index contributed by atoms with van der Waals surface area (Å²) < 4.78 is 13.9. The lowest BCUT2D eigenvalue weighted by molar-refractivity contribution is 0.102. The molecule has 0 unspecified atom stereocenters. The Labute approximate surface area is 138 Å². The zero-order valence-electron chi connectivity index (χ0n) is 12.1. The Morgan fingerprint density at radius 2 is 2.27 bits per heavy atom. The fourth-order valence-corrected chi connectivity index (χ4v) is 3.54. The van der Waals surface area contributed by atoms with E-state index < -0.39 is 11.7 Å². The number of halogens is 2. The minimum atomic E-state index is -0.488. The number of thiazole rings is 1. The topological polar surface area (TPSA) is 68.0 Å². The van der Waals surface area contributed by atoms with Crippen molar-refractivity contribution in [3.05, 3.63) is 45.7 Å². The van der Waals surface area contributed by atoms with E-state index in [0.717, 1.165) is 29.8 Å². The van der Waals surface area contributed by atoms with Crippen molar-refractivity contribution in [3.63, 3.8) is 0 Å². The van der Waals surface area contributed by atoms with E-state index in [1.807, 2.05) is 0 Å². The van der Waals surface area contributed by atoms with Gasteiger partial charge in [-0.2, -0.15) is 0 Å². The normalized spacial score (nSPS) is 16.6. The van der Waals surface area contributed by atoms with E-state index >= 15 is 0 Å². The number of anilines is 1. The average molecular weight is 342 g/mol. The number of nitrogens with two attached hydrogens (primary N) is 1. The van der Waals surface area contributed by atoms with Crippen LogP contribution in [0.2, 0.25) is 0 Å². The molecule has 0 saturated carbocycles. The number of aromatic nitrogens is 1. The third-order valence-electron chi connectivity index (χ3n) is 3.63. The lowest BCUT2D eigenvalue weighted by atomic mass is 9.99. The summed E-state index contributed by atoms with van der Waals surface area (Å²) in [6.07, 6.45) is 2.54. The monoisotopic (exact) mass is 341 g/mol.